The molecule has 0 radical (unpaired) electrons. The van der Waals surface area contributed by atoms with Gasteiger partial charge in [-0.05, 0) is 41.9 Å². The zero-order valence-corrected chi connectivity index (χ0v) is 12.9. The smallest absolute Gasteiger partial charge is 0.172 e. The summed E-state index contributed by atoms with van der Waals surface area (Å²) in [4.78, 5) is 4.79. The number of hydrogen-bond donors (Lipinski definition) is 1. The highest BCUT2D eigenvalue weighted by molar-refractivity contribution is 7.99. The van der Waals surface area contributed by atoms with E-state index in [2.05, 4.69) is 24.1 Å². The van der Waals surface area contributed by atoms with Crippen LogP contribution in [0.5, 0.6) is 0 Å². The molecular formula is C15H20FN3S. The molecule has 0 aliphatic heterocycles. The lowest BCUT2D eigenvalue weighted by Crippen LogP contribution is -2.18. The largest absolute Gasteiger partial charge is 0.329 e. The van der Waals surface area contributed by atoms with Crippen molar-refractivity contribution in [3.8, 4) is 0 Å². The predicted octanol–water partition coefficient (Wildman–Crippen LogP) is 3.46. The summed E-state index contributed by atoms with van der Waals surface area (Å²) < 4.78 is 16.0. The number of nitrogens with one attached hydrogen (secondary N) is 1. The Labute approximate surface area is 123 Å². The van der Waals surface area contributed by atoms with Crippen LogP contribution in [0.15, 0.2) is 40.6 Å². The molecule has 0 fully saturated rings. The predicted molar refractivity (Wildman–Crippen MR) is 80.3 cm³/mol. The van der Waals surface area contributed by atoms with Gasteiger partial charge in [0.25, 0.3) is 0 Å². The summed E-state index contributed by atoms with van der Waals surface area (Å²) in [5.41, 5.74) is 0.965. The van der Waals surface area contributed by atoms with Crippen molar-refractivity contribution in [1.82, 2.24) is 14.9 Å². The van der Waals surface area contributed by atoms with E-state index in [0.29, 0.717) is 17.4 Å². The van der Waals surface area contributed by atoms with E-state index in [9.17, 15) is 4.39 Å². The highest BCUT2D eigenvalue weighted by atomic mass is 32.2. The first-order valence-electron chi connectivity index (χ1n) is 6.70. The average molecular weight is 293 g/mol. The molecule has 0 aliphatic carbocycles. The lowest BCUT2D eigenvalue weighted by Gasteiger charge is -2.09. The third-order valence-electron chi connectivity index (χ3n) is 2.86. The Balaban J connectivity index is 2.01. The fourth-order valence-corrected chi connectivity index (χ4v) is 2.60. The highest BCUT2D eigenvalue weighted by Crippen LogP contribution is 2.28. The standard InChI is InChI=1S/C15H20FN3S/c1-11(2)9-17-10-12-4-5-14(13(16)8-12)20-15-18-6-7-19(15)3/h4-8,11,17H,9-10H2,1-3H3. The van der Waals surface area contributed by atoms with Gasteiger partial charge in [0.15, 0.2) is 5.16 Å². The number of benzene rings is 1. The molecule has 1 heterocycles. The lowest BCUT2D eigenvalue weighted by atomic mass is 10.2. The van der Waals surface area contributed by atoms with Gasteiger partial charge in [0, 0.05) is 26.0 Å². The van der Waals surface area contributed by atoms with Crippen molar-refractivity contribution < 1.29 is 4.39 Å². The van der Waals surface area contributed by atoms with Crippen LogP contribution in [-0.2, 0) is 13.6 Å². The Hall–Kier alpha value is -1.33. The first kappa shape index (κ1) is 15.1. The second kappa shape index (κ2) is 6.90. The van der Waals surface area contributed by atoms with Crippen molar-refractivity contribution in [3.63, 3.8) is 0 Å². The number of aryl methyl sites for hydroxylation is 1. The Bertz CT molecular complexity index is 566. The SMILES string of the molecule is CC(C)CNCc1ccc(Sc2nccn2C)c(F)c1. The minimum atomic E-state index is -0.193. The minimum absolute atomic E-state index is 0.193. The summed E-state index contributed by atoms with van der Waals surface area (Å²) in [6, 6.07) is 5.38. The van der Waals surface area contributed by atoms with E-state index >= 15 is 0 Å². The Morgan fingerprint density at radius 1 is 1.40 bits per heavy atom. The highest BCUT2D eigenvalue weighted by Gasteiger charge is 2.08. The number of imidazole rings is 1. The maximum atomic E-state index is 14.1. The van der Waals surface area contributed by atoms with Crippen LogP contribution in [0.1, 0.15) is 19.4 Å². The molecule has 0 bridgehead atoms. The number of nitrogens with zero attached hydrogens (tertiary/aromatic N) is 2. The van der Waals surface area contributed by atoms with Crippen molar-refractivity contribution in [3.05, 3.63) is 42.0 Å². The Morgan fingerprint density at radius 3 is 2.80 bits per heavy atom. The van der Waals surface area contributed by atoms with Crippen LogP contribution >= 0.6 is 11.8 Å². The third-order valence-corrected chi connectivity index (χ3v) is 3.98. The molecule has 0 amide bonds. The van der Waals surface area contributed by atoms with E-state index < -0.39 is 0 Å². The summed E-state index contributed by atoms with van der Waals surface area (Å²) in [5.74, 6) is 0.403. The van der Waals surface area contributed by atoms with Gasteiger partial charge in [-0.1, -0.05) is 19.9 Å². The van der Waals surface area contributed by atoms with Crippen LogP contribution < -0.4 is 5.32 Å². The van der Waals surface area contributed by atoms with Crippen molar-refractivity contribution in [2.75, 3.05) is 6.54 Å². The van der Waals surface area contributed by atoms with Crippen molar-refractivity contribution >= 4 is 11.8 Å². The van der Waals surface area contributed by atoms with Gasteiger partial charge < -0.3 is 9.88 Å². The van der Waals surface area contributed by atoms with Gasteiger partial charge >= 0.3 is 0 Å². The molecule has 5 heteroatoms. The minimum Gasteiger partial charge on any atom is -0.329 e. The molecule has 2 rings (SSSR count). The van der Waals surface area contributed by atoms with Crippen molar-refractivity contribution in [2.45, 2.75) is 30.4 Å². The van der Waals surface area contributed by atoms with Crippen LogP contribution in [0.2, 0.25) is 0 Å². The molecule has 3 nitrogen and oxygen atoms in total. The zero-order chi connectivity index (χ0) is 14.5. The maximum absolute atomic E-state index is 14.1. The number of aromatic nitrogens is 2. The van der Waals surface area contributed by atoms with Gasteiger partial charge in [-0.15, -0.1) is 0 Å². The Morgan fingerprint density at radius 2 is 2.20 bits per heavy atom. The summed E-state index contributed by atoms with van der Waals surface area (Å²) in [5, 5.41) is 4.10. The van der Waals surface area contributed by atoms with E-state index in [4.69, 9.17) is 0 Å². The molecular weight excluding hydrogens is 273 g/mol. The van der Waals surface area contributed by atoms with Crippen LogP contribution in [-0.4, -0.2) is 16.1 Å². The van der Waals surface area contributed by atoms with Gasteiger partial charge in [0.05, 0.1) is 4.90 Å². The van der Waals surface area contributed by atoms with Gasteiger partial charge in [-0.2, -0.15) is 0 Å². The summed E-state index contributed by atoms with van der Waals surface area (Å²) in [7, 11) is 1.90. The summed E-state index contributed by atoms with van der Waals surface area (Å²) >= 11 is 1.34. The lowest BCUT2D eigenvalue weighted by molar-refractivity contribution is 0.548. The normalized spacial score (nSPS) is 11.2. The second-order valence-electron chi connectivity index (χ2n) is 5.21. The molecule has 0 saturated heterocycles. The molecule has 1 aromatic heterocycles. The molecule has 1 N–H and O–H groups in total. The zero-order valence-electron chi connectivity index (χ0n) is 12.1. The molecule has 0 unspecified atom stereocenters. The first-order valence-corrected chi connectivity index (χ1v) is 7.52. The number of hydrogen-bond acceptors (Lipinski definition) is 3. The maximum Gasteiger partial charge on any atom is 0.172 e. The summed E-state index contributed by atoms with van der Waals surface area (Å²) in [6.45, 7) is 5.94. The van der Waals surface area contributed by atoms with Gasteiger partial charge in [0.2, 0.25) is 0 Å². The summed E-state index contributed by atoms with van der Waals surface area (Å²) in [6.07, 6.45) is 3.56. The van der Waals surface area contributed by atoms with E-state index in [1.54, 1.807) is 12.3 Å². The molecule has 2 aromatic rings. The molecule has 0 atom stereocenters. The van der Waals surface area contributed by atoms with Crippen molar-refractivity contribution in [2.24, 2.45) is 13.0 Å². The monoisotopic (exact) mass is 293 g/mol. The van der Waals surface area contributed by atoms with Crippen LogP contribution in [0.4, 0.5) is 4.39 Å². The van der Waals surface area contributed by atoms with Gasteiger partial charge in [-0.25, -0.2) is 9.37 Å². The fraction of sp³-hybridized carbons (Fsp3) is 0.400. The number of halogens is 1. The topological polar surface area (TPSA) is 29.9 Å². The molecule has 0 aliphatic rings. The quantitative estimate of drug-likeness (QED) is 0.884. The average Bonchev–Trinajstić information content (AvgIpc) is 2.78. The molecule has 0 spiro atoms. The van der Waals surface area contributed by atoms with Gasteiger partial charge in [-0.3, -0.25) is 0 Å². The van der Waals surface area contributed by atoms with Crippen LogP contribution in [0.25, 0.3) is 0 Å². The fourth-order valence-electron chi connectivity index (χ4n) is 1.79. The van der Waals surface area contributed by atoms with Crippen molar-refractivity contribution in [1.29, 1.82) is 0 Å². The van der Waals surface area contributed by atoms with Gasteiger partial charge in [0.1, 0.15) is 5.82 Å². The second-order valence-corrected chi connectivity index (χ2v) is 6.22. The third kappa shape index (κ3) is 4.08. The van der Waals surface area contributed by atoms with E-state index in [1.165, 1.54) is 11.8 Å². The van der Waals surface area contributed by atoms with E-state index in [-0.39, 0.29) is 5.82 Å². The van der Waals surface area contributed by atoms with E-state index in [1.807, 2.05) is 29.9 Å². The number of rotatable bonds is 6. The van der Waals surface area contributed by atoms with Crippen LogP contribution in [0, 0.1) is 11.7 Å². The molecule has 0 saturated carbocycles. The van der Waals surface area contributed by atoms with Crippen LogP contribution in [0.3, 0.4) is 0 Å². The molecule has 1 aromatic carbocycles. The van der Waals surface area contributed by atoms with E-state index in [0.717, 1.165) is 17.3 Å². The first-order chi connectivity index (χ1) is 9.56. The molecule has 20 heavy (non-hydrogen) atoms. The molecule has 108 valence electrons. The Kier molecular flexibility index (Phi) is 5.20.